The van der Waals surface area contributed by atoms with Crippen molar-refractivity contribution in [2.75, 3.05) is 20.6 Å². The maximum atomic E-state index is 12.3. The minimum absolute atomic E-state index is 0.0745. The van der Waals surface area contributed by atoms with Crippen molar-refractivity contribution >= 4 is 27.7 Å². The van der Waals surface area contributed by atoms with Crippen LogP contribution >= 0.6 is 11.8 Å². The number of thioether (sulfide) groups is 1. The summed E-state index contributed by atoms with van der Waals surface area (Å²) in [6.45, 7) is 4.43. The van der Waals surface area contributed by atoms with Gasteiger partial charge in [-0.2, -0.15) is 0 Å². The Kier molecular flexibility index (Phi) is 7.41. The van der Waals surface area contributed by atoms with Crippen LogP contribution in [0.3, 0.4) is 0 Å². The molecule has 6 nitrogen and oxygen atoms in total. The van der Waals surface area contributed by atoms with Crippen molar-refractivity contribution in [2.24, 2.45) is 0 Å². The van der Waals surface area contributed by atoms with Gasteiger partial charge in [0.1, 0.15) is 4.90 Å². The van der Waals surface area contributed by atoms with E-state index >= 15 is 0 Å². The van der Waals surface area contributed by atoms with Crippen molar-refractivity contribution < 1.29 is 13.2 Å². The fraction of sp³-hybridized carbons (Fsp3) is 0.368. The topological polar surface area (TPSA) is 79.4 Å². The Morgan fingerprint density at radius 1 is 1.15 bits per heavy atom. The molecular formula is C19H25N3O3S2. The van der Waals surface area contributed by atoms with Gasteiger partial charge in [0.25, 0.3) is 0 Å². The number of carbonyl (C=O) groups is 1. The van der Waals surface area contributed by atoms with Crippen molar-refractivity contribution in [1.29, 1.82) is 0 Å². The first-order valence-electron chi connectivity index (χ1n) is 8.59. The molecule has 1 N–H and O–H groups in total. The number of nitrogens with one attached hydrogen (secondary N) is 1. The molecule has 1 heterocycles. The molecule has 0 saturated carbocycles. The summed E-state index contributed by atoms with van der Waals surface area (Å²) in [6, 6.07) is 13.2. The van der Waals surface area contributed by atoms with Crippen LogP contribution < -0.4 is 5.32 Å². The van der Waals surface area contributed by atoms with E-state index in [1.165, 1.54) is 43.7 Å². The third-order valence-corrected chi connectivity index (χ3v) is 6.95. The molecule has 1 aromatic carbocycles. The second-order valence-corrected chi connectivity index (χ2v) is 9.95. The van der Waals surface area contributed by atoms with Crippen molar-refractivity contribution in [3.8, 4) is 0 Å². The molecule has 0 spiro atoms. The number of nitrogens with zero attached hydrogens (tertiary/aromatic N) is 2. The van der Waals surface area contributed by atoms with Gasteiger partial charge < -0.3 is 5.32 Å². The predicted molar refractivity (Wildman–Crippen MR) is 108 cm³/mol. The number of aromatic nitrogens is 1. The van der Waals surface area contributed by atoms with Gasteiger partial charge in [-0.3, -0.25) is 4.79 Å². The van der Waals surface area contributed by atoms with Crippen LogP contribution in [-0.2, 0) is 14.8 Å². The van der Waals surface area contributed by atoms with Crippen molar-refractivity contribution in [3.05, 3.63) is 54.2 Å². The minimum atomic E-state index is -3.50. The lowest BCUT2D eigenvalue weighted by Gasteiger charge is -2.16. The zero-order chi connectivity index (χ0) is 20.0. The molecule has 0 aliphatic rings. The average molecular weight is 408 g/mol. The first-order chi connectivity index (χ1) is 12.7. The lowest BCUT2D eigenvalue weighted by atomic mass is 10.0. The van der Waals surface area contributed by atoms with E-state index in [1.807, 2.05) is 30.3 Å². The Morgan fingerprint density at radius 2 is 1.81 bits per heavy atom. The van der Waals surface area contributed by atoms with Gasteiger partial charge in [0.2, 0.25) is 15.9 Å². The largest absolute Gasteiger partial charge is 0.355 e. The standard InChI is InChI=1S/C19H25N3O3S2/c1-14(16-8-6-5-7-9-16)12-21-19(23)15(2)26-18-11-10-17(13-20-18)27(24,25)22(3)4/h5-11,13-15H,12H2,1-4H3,(H,21,23)/t14-,15-/m0/s1. The van der Waals surface area contributed by atoms with E-state index in [4.69, 9.17) is 0 Å². The second kappa shape index (κ2) is 9.34. The van der Waals surface area contributed by atoms with Crippen LogP contribution in [0.2, 0.25) is 0 Å². The first kappa shape index (κ1) is 21.4. The molecule has 0 unspecified atom stereocenters. The lowest BCUT2D eigenvalue weighted by molar-refractivity contribution is -0.120. The lowest BCUT2D eigenvalue weighted by Crippen LogP contribution is -2.33. The molecule has 1 amide bonds. The van der Waals surface area contributed by atoms with Crippen LogP contribution in [-0.4, -0.2) is 49.5 Å². The molecule has 0 saturated heterocycles. The van der Waals surface area contributed by atoms with Crippen molar-refractivity contribution in [2.45, 2.75) is 34.9 Å². The fourth-order valence-corrected chi connectivity index (χ4v) is 3.99. The number of amides is 1. The molecule has 1 aromatic heterocycles. The van der Waals surface area contributed by atoms with Crippen LogP contribution in [0.4, 0.5) is 0 Å². The van der Waals surface area contributed by atoms with Gasteiger partial charge in [-0.15, -0.1) is 0 Å². The smallest absolute Gasteiger partial charge is 0.244 e. The zero-order valence-electron chi connectivity index (χ0n) is 15.9. The van der Waals surface area contributed by atoms with E-state index < -0.39 is 10.0 Å². The van der Waals surface area contributed by atoms with E-state index in [0.717, 1.165) is 4.31 Å². The molecule has 2 aromatic rings. The molecule has 8 heteroatoms. The maximum absolute atomic E-state index is 12.3. The second-order valence-electron chi connectivity index (χ2n) is 6.44. The number of rotatable bonds is 8. The highest BCUT2D eigenvalue weighted by atomic mass is 32.2. The number of benzene rings is 1. The Balaban J connectivity index is 1.90. The third-order valence-electron chi connectivity index (χ3n) is 4.11. The highest BCUT2D eigenvalue weighted by molar-refractivity contribution is 8.00. The van der Waals surface area contributed by atoms with E-state index in [1.54, 1.807) is 13.0 Å². The van der Waals surface area contributed by atoms with Crippen LogP contribution in [0.5, 0.6) is 0 Å². The molecule has 27 heavy (non-hydrogen) atoms. The highest BCUT2D eigenvalue weighted by Gasteiger charge is 2.19. The molecule has 0 bridgehead atoms. The van der Waals surface area contributed by atoms with Gasteiger partial charge in [-0.1, -0.05) is 49.0 Å². The van der Waals surface area contributed by atoms with Gasteiger partial charge in [0.05, 0.1) is 10.3 Å². The molecular weight excluding hydrogens is 382 g/mol. The summed E-state index contributed by atoms with van der Waals surface area (Å²) in [5.74, 6) is 0.149. The average Bonchev–Trinajstić information content (AvgIpc) is 2.66. The van der Waals surface area contributed by atoms with Gasteiger partial charge in [0, 0.05) is 26.8 Å². The predicted octanol–water partition coefficient (Wildman–Crippen LogP) is 2.73. The summed E-state index contributed by atoms with van der Waals surface area (Å²) >= 11 is 1.30. The molecule has 2 atom stereocenters. The van der Waals surface area contributed by atoms with Gasteiger partial charge in [-0.05, 0) is 30.5 Å². The quantitative estimate of drug-likeness (QED) is 0.681. The highest BCUT2D eigenvalue weighted by Crippen LogP contribution is 2.23. The molecule has 0 aliphatic heterocycles. The number of pyridine rings is 1. The normalized spacial score (nSPS) is 14.0. The Hall–Kier alpha value is -1.90. The SMILES string of the molecule is C[C@H](Sc1ccc(S(=O)(=O)N(C)C)cn1)C(=O)NC[C@H](C)c1ccccc1. The minimum Gasteiger partial charge on any atom is -0.355 e. The summed E-state index contributed by atoms with van der Waals surface area (Å²) in [4.78, 5) is 16.6. The number of sulfonamides is 1. The first-order valence-corrected chi connectivity index (χ1v) is 10.9. The van der Waals surface area contributed by atoms with Crippen molar-refractivity contribution in [1.82, 2.24) is 14.6 Å². The van der Waals surface area contributed by atoms with Crippen LogP contribution in [0.15, 0.2) is 58.6 Å². The van der Waals surface area contributed by atoms with Crippen LogP contribution in [0, 0.1) is 0 Å². The summed E-state index contributed by atoms with van der Waals surface area (Å²) in [5, 5.41) is 3.23. The third kappa shape index (κ3) is 5.79. The maximum Gasteiger partial charge on any atom is 0.244 e. The van der Waals surface area contributed by atoms with Gasteiger partial charge in [-0.25, -0.2) is 17.7 Å². The van der Waals surface area contributed by atoms with Gasteiger partial charge in [0.15, 0.2) is 0 Å². The van der Waals surface area contributed by atoms with Gasteiger partial charge >= 0.3 is 0 Å². The van der Waals surface area contributed by atoms with E-state index in [2.05, 4.69) is 17.2 Å². The zero-order valence-corrected chi connectivity index (χ0v) is 17.5. The Bertz CT molecular complexity index is 854. The summed E-state index contributed by atoms with van der Waals surface area (Å²) in [5.41, 5.74) is 1.18. The molecule has 146 valence electrons. The Morgan fingerprint density at radius 3 is 2.37 bits per heavy atom. The van der Waals surface area contributed by atoms with Crippen LogP contribution in [0.25, 0.3) is 0 Å². The molecule has 0 radical (unpaired) electrons. The fourth-order valence-electron chi connectivity index (χ4n) is 2.33. The summed E-state index contributed by atoms with van der Waals surface area (Å²) < 4.78 is 25.2. The van der Waals surface area contributed by atoms with E-state index in [0.29, 0.717) is 11.6 Å². The molecule has 2 rings (SSSR count). The van der Waals surface area contributed by atoms with Crippen LogP contribution in [0.1, 0.15) is 25.3 Å². The van der Waals surface area contributed by atoms with Crippen molar-refractivity contribution in [3.63, 3.8) is 0 Å². The summed E-state index contributed by atoms with van der Waals surface area (Å²) in [6.07, 6.45) is 1.32. The van der Waals surface area contributed by atoms with E-state index in [-0.39, 0.29) is 22.0 Å². The number of carbonyl (C=O) groups excluding carboxylic acids is 1. The van der Waals surface area contributed by atoms with E-state index in [9.17, 15) is 13.2 Å². The number of hydrogen-bond acceptors (Lipinski definition) is 5. The molecule has 0 fully saturated rings. The summed E-state index contributed by atoms with van der Waals surface area (Å²) in [7, 11) is -0.555. The number of hydrogen-bond donors (Lipinski definition) is 1. The monoisotopic (exact) mass is 407 g/mol. The molecule has 0 aliphatic carbocycles. The Labute approximate surface area is 165 Å².